The highest BCUT2D eigenvalue weighted by molar-refractivity contribution is 5.71. The van der Waals surface area contributed by atoms with E-state index in [2.05, 4.69) is 10.2 Å². The van der Waals surface area contributed by atoms with E-state index in [4.69, 9.17) is 4.74 Å². The number of rotatable bonds is 2. The van der Waals surface area contributed by atoms with Gasteiger partial charge in [0.25, 0.3) is 0 Å². The van der Waals surface area contributed by atoms with Gasteiger partial charge in [-0.3, -0.25) is 5.10 Å². The number of ether oxygens (including phenoxy) is 1. The van der Waals surface area contributed by atoms with Crippen LogP contribution in [0.5, 0.6) is 5.75 Å². The van der Waals surface area contributed by atoms with Crippen LogP contribution in [0.25, 0.3) is 11.1 Å². The molecule has 0 spiro atoms. The van der Waals surface area contributed by atoms with Gasteiger partial charge in [-0.1, -0.05) is 18.2 Å². The molecule has 1 aromatic carbocycles. The first-order valence-corrected chi connectivity index (χ1v) is 4.46. The fourth-order valence-electron chi connectivity index (χ4n) is 1.49. The van der Waals surface area contributed by atoms with Crippen molar-refractivity contribution in [2.45, 2.75) is 6.92 Å². The number of H-pyrrole nitrogens is 1. The molecule has 0 unspecified atom stereocenters. The minimum absolute atomic E-state index is 0.872. The van der Waals surface area contributed by atoms with Gasteiger partial charge in [-0.25, -0.2) is 0 Å². The van der Waals surface area contributed by atoms with Crippen LogP contribution < -0.4 is 4.74 Å². The third-order valence-corrected chi connectivity index (χ3v) is 2.23. The lowest BCUT2D eigenvalue weighted by Crippen LogP contribution is -1.87. The summed E-state index contributed by atoms with van der Waals surface area (Å²) in [6.07, 6.45) is 1.81. The van der Waals surface area contributed by atoms with Gasteiger partial charge in [0.05, 0.1) is 13.3 Å². The Morgan fingerprint density at radius 1 is 1.21 bits per heavy atom. The molecule has 0 aliphatic rings. The Morgan fingerprint density at radius 2 is 2.00 bits per heavy atom. The molecule has 0 bridgehead atoms. The largest absolute Gasteiger partial charge is 0.496 e. The summed E-state index contributed by atoms with van der Waals surface area (Å²) < 4.78 is 5.28. The highest BCUT2D eigenvalue weighted by Gasteiger charge is 2.08. The number of para-hydroxylation sites is 1. The molecule has 1 aromatic heterocycles. The molecule has 2 aromatic rings. The maximum atomic E-state index is 5.28. The summed E-state index contributed by atoms with van der Waals surface area (Å²) in [5.41, 5.74) is 3.21. The van der Waals surface area contributed by atoms with Crippen molar-refractivity contribution in [2.75, 3.05) is 7.11 Å². The Hall–Kier alpha value is -1.77. The highest BCUT2D eigenvalue weighted by Crippen LogP contribution is 2.30. The quantitative estimate of drug-likeness (QED) is 0.785. The lowest BCUT2D eigenvalue weighted by Gasteiger charge is -2.06. The van der Waals surface area contributed by atoms with Gasteiger partial charge in [-0.05, 0) is 13.0 Å². The standard InChI is InChI=1S/C11H12N2O/c1-8-10(7-12-13-8)9-5-3-4-6-11(9)14-2/h3-7H,1-2H3,(H,12,13). The number of aryl methyl sites for hydroxylation is 1. The SMILES string of the molecule is COc1ccccc1-c1cn[nH]c1C. The van der Waals surface area contributed by atoms with Crippen molar-refractivity contribution < 1.29 is 4.74 Å². The lowest BCUT2D eigenvalue weighted by atomic mass is 10.1. The van der Waals surface area contributed by atoms with Crippen molar-refractivity contribution in [3.05, 3.63) is 36.2 Å². The Labute approximate surface area is 82.7 Å². The number of nitrogens with one attached hydrogen (secondary N) is 1. The summed E-state index contributed by atoms with van der Waals surface area (Å²) >= 11 is 0. The molecule has 2 rings (SSSR count). The third kappa shape index (κ3) is 1.37. The number of hydrogen-bond acceptors (Lipinski definition) is 2. The van der Waals surface area contributed by atoms with Crippen molar-refractivity contribution in [1.82, 2.24) is 10.2 Å². The van der Waals surface area contributed by atoms with Crippen molar-refractivity contribution in [3.8, 4) is 16.9 Å². The van der Waals surface area contributed by atoms with Crippen LogP contribution in [0, 0.1) is 6.92 Å². The summed E-state index contributed by atoms with van der Waals surface area (Å²) in [6.45, 7) is 1.99. The first-order chi connectivity index (χ1) is 6.83. The van der Waals surface area contributed by atoms with Gasteiger partial charge in [-0.2, -0.15) is 5.10 Å². The zero-order valence-corrected chi connectivity index (χ0v) is 8.24. The van der Waals surface area contributed by atoms with Gasteiger partial charge in [0.2, 0.25) is 0 Å². The molecule has 72 valence electrons. The Morgan fingerprint density at radius 3 is 2.64 bits per heavy atom. The van der Waals surface area contributed by atoms with E-state index in [1.165, 1.54) is 0 Å². The molecule has 0 amide bonds. The van der Waals surface area contributed by atoms with Crippen molar-refractivity contribution in [1.29, 1.82) is 0 Å². The minimum atomic E-state index is 0.872. The molecule has 1 N–H and O–H groups in total. The Kier molecular flexibility index (Phi) is 2.23. The van der Waals surface area contributed by atoms with Crippen LogP contribution >= 0.6 is 0 Å². The molecule has 3 heteroatoms. The third-order valence-electron chi connectivity index (χ3n) is 2.23. The lowest BCUT2D eigenvalue weighted by molar-refractivity contribution is 0.416. The molecule has 0 aliphatic carbocycles. The second kappa shape index (κ2) is 3.54. The average molecular weight is 188 g/mol. The van der Waals surface area contributed by atoms with Crippen LogP contribution in [0.1, 0.15) is 5.69 Å². The van der Waals surface area contributed by atoms with Crippen molar-refractivity contribution in [3.63, 3.8) is 0 Å². The van der Waals surface area contributed by atoms with Crippen LogP contribution in [0.15, 0.2) is 30.5 Å². The molecular weight excluding hydrogens is 176 g/mol. The number of aromatic amines is 1. The zero-order valence-electron chi connectivity index (χ0n) is 8.24. The second-order valence-corrected chi connectivity index (χ2v) is 3.11. The predicted molar refractivity (Wildman–Crippen MR) is 55.3 cm³/mol. The van der Waals surface area contributed by atoms with E-state index >= 15 is 0 Å². The van der Waals surface area contributed by atoms with E-state index in [-0.39, 0.29) is 0 Å². The number of nitrogens with zero attached hydrogens (tertiary/aromatic N) is 1. The molecule has 0 fully saturated rings. The van der Waals surface area contributed by atoms with E-state index in [0.717, 1.165) is 22.6 Å². The molecule has 0 saturated carbocycles. The van der Waals surface area contributed by atoms with Crippen LogP contribution in [0.2, 0.25) is 0 Å². The number of benzene rings is 1. The molecule has 0 radical (unpaired) electrons. The first-order valence-electron chi connectivity index (χ1n) is 4.46. The van der Waals surface area contributed by atoms with Gasteiger partial charge in [0.1, 0.15) is 5.75 Å². The summed E-state index contributed by atoms with van der Waals surface area (Å²) in [5.74, 6) is 0.872. The summed E-state index contributed by atoms with van der Waals surface area (Å²) in [4.78, 5) is 0. The molecule has 1 heterocycles. The monoisotopic (exact) mass is 188 g/mol. The topological polar surface area (TPSA) is 37.9 Å². The van der Waals surface area contributed by atoms with Crippen LogP contribution in [-0.4, -0.2) is 17.3 Å². The Bertz CT molecular complexity index is 434. The van der Waals surface area contributed by atoms with Crippen molar-refractivity contribution in [2.24, 2.45) is 0 Å². The molecule has 0 aliphatic heterocycles. The van der Waals surface area contributed by atoms with Gasteiger partial charge >= 0.3 is 0 Å². The van der Waals surface area contributed by atoms with E-state index < -0.39 is 0 Å². The second-order valence-electron chi connectivity index (χ2n) is 3.11. The maximum absolute atomic E-state index is 5.28. The normalized spacial score (nSPS) is 10.1. The number of aromatic nitrogens is 2. The van der Waals surface area contributed by atoms with Gasteiger partial charge in [0, 0.05) is 16.8 Å². The van der Waals surface area contributed by atoms with Gasteiger partial charge in [-0.15, -0.1) is 0 Å². The van der Waals surface area contributed by atoms with Crippen LogP contribution in [0.4, 0.5) is 0 Å². The zero-order chi connectivity index (χ0) is 9.97. The minimum Gasteiger partial charge on any atom is -0.496 e. The van der Waals surface area contributed by atoms with Gasteiger partial charge in [0.15, 0.2) is 0 Å². The number of methoxy groups -OCH3 is 1. The van der Waals surface area contributed by atoms with E-state index in [1.807, 2.05) is 37.4 Å². The molecule has 0 atom stereocenters. The summed E-state index contributed by atoms with van der Waals surface area (Å²) in [6, 6.07) is 7.92. The van der Waals surface area contributed by atoms with Crippen LogP contribution in [0.3, 0.4) is 0 Å². The average Bonchev–Trinajstić information content (AvgIpc) is 2.64. The highest BCUT2D eigenvalue weighted by atomic mass is 16.5. The Balaban J connectivity index is 2.56. The summed E-state index contributed by atoms with van der Waals surface area (Å²) in [7, 11) is 1.67. The van der Waals surface area contributed by atoms with Crippen molar-refractivity contribution >= 4 is 0 Å². The molecule has 14 heavy (non-hydrogen) atoms. The number of hydrogen-bond donors (Lipinski definition) is 1. The fraction of sp³-hybridized carbons (Fsp3) is 0.182. The molecule has 0 saturated heterocycles. The van der Waals surface area contributed by atoms with E-state index in [9.17, 15) is 0 Å². The predicted octanol–water partition coefficient (Wildman–Crippen LogP) is 2.39. The van der Waals surface area contributed by atoms with E-state index in [1.54, 1.807) is 7.11 Å². The fourth-order valence-corrected chi connectivity index (χ4v) is 1.49. The van der Waals surface area contributed by atoms with Gasteiger partial charge < -0.3 is 4.74 Å². The summed E-state index contributed by atoms with van der Waals surface area (Å²) in [5, 5.41) is 6.91. The first kappa shape index (κ1) is 8.81. The molecular formula is C11H12N2O. The maximum Gasteiger partial charge on any atom is 0.126 e. The molecule has 3 nitrogen and oxygen atoms in total. The van der Waals surface area contributed by atoms with E-state index in [0.29, 0.717) is 0 Å². The van der Waals surface area contributed by atoms with Crippen LogP contribution in [-0.2, 0) is 0 Å². The smallest absolute Gasteiger partial charge is 0.126 e.